The summed E-state index contributed by atoms with van der Waals surface area (Å²) in [5.74, 6) is 0.0310. The van der Waals surface area contributed by atoms with Gasteiger partial charge in [-0.1, -0.05) is 17.7 Å². The Labute approximate surface area is 161 Å². The predicted molar refractivity (Wildman–Crippen MR) is 105 cm³/mol. The van der Waals surface area contributed by atoms with Gasteiger partial charge in [-0.2, -0.15) is 0 Å². The Morgan fingerprint density at radius 2 is 1.85 bits per heavy atom. The lowest BCUT2D eigenvalue weighted by Gasteiger charge is -2.39. The lowest BCUT2D eigenvalue weighted by atomic mass is 10.0. The first-order chi connectivity index (χ1) is 13.1. The lowest BCUT2D eigenvalue weighted by molar-refractivity contribution is -0.135. The first kappa shape index (κ1) is 19.8. The first-order valence-electron chi connectivity index (χ1n) is 10.1. The number of benzene rings is 1. The highest BCUT2D eigenvalue weighted by atomic mass is 16.5. The van der Waals surface area contributed by atoms with Gasteiger partial charge in [-0.3, -0.25) is 14.5 Å². The van der Waals surface area contributed by atoms with Gasteiger partial charge in [0.25, 0.3) is 5.91 Å². The molecule has 1 aromatic rings. The third kappa shape index (κ3) is 5.78. The van der Waals surface area contributed by atoms with Crippen LogP contribution in [0.15, 0.2) is 24.3 Å². The van der Waals surface area contributed by atoms with Crippen LogP contribution in [0.2, 0.25) is 0 Å². The highest BCUT2D eigenvalue weighted by molar-refractivity contribution is 5.94. The van der Waals surface area contributed by atoms with Crippen molar-refractivity contribution in [2.75, 3.05) is 45.9 Å². The number of likely N-dealkylation sites (tertiary alicyclic amines) is 1. The molecule has 1 N–H and O–H groups in total. The zero-order chi connectivity index (χ0) is 19.1. The zero-order valence-electron chi connectivity index (χ0n) is 16.3. The Morgan fingerprint density at radius 1 is 1.11 bits per heavy atom. The van der Waals surface area contributed by atoms with E-state index in [9.17, 15) is 9.59 Å². The predicted octanol–water partition coefficient (Wildman–Crippen LogP) is 1.83. The first-order valence-corrected chi connectivity index (χ1v) is 10.1. The normalized spacial score (nSPS) is 21.1. The van der Waals surface area contributed by atoms with E-state index in [2.05, 4.69) is 10.2 Å². The Morgan fingerprint density at radius 3 is 2.59 bits per heavy atom. The molecule has 1 unspecified atom stereocenters. The zero-order valence-corrected chi connectivity index (χ0v) is 16.3. The third-order valence-electron chi connectivity index (χ3n) is 5.46. The fourth-order valence-electron chi connectivity index (χ4n) is 3.83. The van der Waals surface area contributed by atoms with E-state index < -0.39 is 0 Å². The van der Waals surface area contributed by atoms with Gasteiger partial charge in [-0.25, -0.2) is 0 Å². The Balaban J connectivity index is 1.46. The summed E-state index contributed by atoms with van der Waals surface area (Å²) in [7, 11) is 0. The molecule has 2 heterocycles. The molecular formula is C21H31N3O3. The summed E-state index contributed by atoms with van der Waals surface area (Å²) >= 11 is 0. The molecule has 0 radical (unpaired) electrons. The number of carbonyl (C=O) groups is 2. The van der Waals surface area contributed by atoms with E-state index in [4.69, 9.17) is 4.74 Å². The maximum absolute atomic E-state index is 12.7. The maximum Gasteiger partial charge on any atom is 0.251 e. The molecule has 0 aromatic heterocycles. The molecule has 0 spiro atoms. The fourth-order valence-corrected chi connectivity index (χ4v) is 3.83. The van der Waals surface area contributed by atoms with Crippen molar-refractivity contribution in [3.8, 4) is 0 Å². The van der Waals surface area contributed by atoms with Crippen LogP contribution < -0.4 is 5.32 Å². The topological polar surface area (TPSA) is 61.9 Å². The second-order valence-electron chi connectivity index (χ2n) is 7.52. The van der Waals surface area contributed by atoms with Crippen LogP contribution >= 0.6 is 0 Å². The van der Waals surface area contributed by atoms with Gasteiger partial charge in [0, 0.05) is 50.7 Å². The molecular weight excluding hydrogens is 342 g/mol. The molecule has 2 fully saturated rings. The Kier molecular flexibility index (Phi) is 7.24. The summed E-state index contributed by atoms with van der Waals surface area (Å²) in [4.78, 5) is 29.4. The second-order valence-corrected chi connectivity index (χ2v) is 7.52. The molecule has 0 aliphatic carbocycles. The van der Waals surface area contributed by atoms with Gasteiger partial charge in [-0.05, 0) is 38.3 Å². The number of nitrogens with zero attached hydrogens (tertiary/aromatic N) is 2. The molecule has 2 amide bonds. The minimum Gasteiger partial charge on any atom is -0.379 e. The van der Waals surface area contributed by atoms with Crippen LogP contribution in [0, 0.1) is 6.92 Å². The second kappa shape index (κ2) is 9.85. The van der Waals surface area contributed by atoms with Crippen molar-refractivity contribution in [1.29, 1.82) is 0 Å². The molecule has 1 aromatic carbocycles. The Hall–Kier alpha value is -1.92. The van der Waals surface area contributed by atoms with Crippen LogP contribution in [-0.4, -0.2) is 73.6 Å². The molecule has 6 nitrogen and oxygen atoms in total. The number of nitrogens with one attached hydrogen (secondary N) is 1. The smallest absolute Gasteiger partial charge is 0.251 e. The highest BCUT2D eigenvalue weighted by Crippen LogP contribution is 2.19. The summed E-state index contributed by atoms with van der Waals surface area (Å²) in [6.07, 6.45) is 3.68. The van der Waals surface area contributed by atoms with E-state index in [1.165, 1.54) is 6.42 Å². The third-order valence-corrected chi connectivity index (χ3v) is 5.46. The average molecular weight is 373 g/mol. The van der Waals surface area contributed by atoms with Gasteiger partial charge in [0.2, 0.25) is 5.91 Å². The number of ether oxygens (including phenoxy) is 1. The SMILES string of the molecule is Cc1ccc(C(=O)NCCC(=O)N2CCCCC2CN2CCOCC2)cc1. The summed E-state index contributed by atoms with van der Waals surface area (Å²) in [6, 6.07) is 7.76. The summed E-state index contributed by atoms with van der Waals surface area (Å²) < 4.78 is 5.42. The number of aryl methyl sites for hydroxylation is 1. The van der Waals surface area contributed by atoms with Crippen LogP contribution in [0.1, 0.15) is 41.6 Å². The summed E-state index contributed by atoms with van der Waals surface area (Å²) in [5, 5.41) is 2.87. The number of hydrogen-bond donors (Lipinski definition) is 1. The standard InChI is InChI=1S/C21H31N3O3/c1-17-5-7-18(8-6-17)21(26)22-10-9-20(25)24-11-3-2-4-19(24)16-23-12-14-27-15-13-23/h5-8,19H,2-4,9-16H2,1H3,(H,22,26). The van der Waals surface area contributed by atoms with E-state index >= 15 is 0 Å². The largest absolute Gasteiger partial charge is 0.379 e. The summed E-state index contributed by atoms with van der Waals surface area (Å²) in [5.41, 5.74) is 1.76. The van der Waals surface area contributed by atoms with Crippen LogP contribution in [-0.2, 0) is 9.53 Å². The summed E-state index contributed by atoms with van der Waals surface area (Å²) in [6.45, 7) is 7.61. The van der Waals surface area contributed by atoms with Crippen LogP contribution in [0.3, 0.4) is 0 Å². The fraction of sp³-hybridized carbons (Fsp3) is 0.619. The van der Waals surface area contributed by atoms with Crippen molar-refractivity contribution in [2.45, 2.75) is 38.6 Å². The van der Waals surface area contributed by atoms with E-state index in [0.29, 0.717) is 18.5 Å². The number of carbonyl (C=O) groups excluding carboxylic acids is 2. The average Bonchev–Trinajstić information content (AvgIpc) is 2.69. The van der Waals surface area contributed by atoms with Gasteiger partial charge < -0.3 is 15.0 Å². The number of rotatable bonds is 6. The number of morpholine rings is 1. The minimum atomic E-state index is -0.119. The van der Waals surface area contributed by atoms with Gasteiger partial charge in [0.15, 0.2) is 0 Å². The molecule has 3 rings (SSSR count). The van der Waals surface area contributed by atoms with Crippen molar-refractivity contribution in [1.82, 2.24) is 15.1 Å². The van der Waals surface area contributed by atoms with Crippen LogP contribution in [0.25, 0.3) is 0 Å². The van der Waals surface area contributed by atoms with E-state index in [-0.39, 0.29) is 17.9 Å². The molecule has 1 atom stereocenters. The molecule has 6 heteroatoms. The molecule has 148 valence electrons. The molecule has 2 aliphatic rings. The van der Waals surface area contributed by atoms with Gasteiger partial charge in [0.1, 0.15) is 0 Å². The van der Waals surface area contributed by atoms with Crippen molar-refractivity contribution < 1.29 is 14.3 Å². The van der Waals surface area contributed by atoms with Crippen molar-refractivity contribution in [2.24, 2.45) is 0 Å². The number of hydrogen-bond acceptors (Lipinski definition) is 4. The van der Waals surface area contributed by atoms with Crippen LogP contribution in [0.4, 0.5) is 0 Å². The molecule has 0 saturated carbocycles. The molecule has 27 heavy (non-hydrogen) atoms. The monoisotopic (exact) mass is 373 g/mol. The van der Waals surface area contributed by atoms with Crippen molar-refractivity contribution >= 4 is 11.8 Å². The molecule has 2 aliphatic heterocycles. The van der Waals surface area contributed by atoms with Crippen molar-refractivity contribution in [3.63, 3.8) is 0 Å². The van der Waals surface area contributed by atoms with Crippen molar-refractivity contribution in [3.05, 3.63) is 35.4 Å². The molecule has 0 bridgehead atoms. The lowest BCUT2D eigenvalue weighted by Crippen LogP contribution is -2.51. The Bertz CT molecular complexity index is 626. The molecule has 2 saturated heterocycles. The maximum atomic E-state index is 12.7. The minimum absolute atomic E-state index is 0.119. The van der Waals surface area contributed by atoms with E-state index in [1.807, 2.05) is 36.1 Å². The number of amides is 2. The highest BCUT2D eigenvalue weighted by Gasteiger charge is 2.28. The van der Waals surface area contributed by atoms with E-state index in [1.54, 1.807) is 0 Å². The quantitative estimate of drug-likeness (QED) is 0.826. The number of piperidine rings is 1. The van der Waals surface area contributed by atoms with Gasteiger partial charge >= 0.3 is 0 Å². The van der Waals surface area contributed by atoms with E-state index in [0.717, 1.165) is 57.8 Å². The van der Waals surface area contributed by atoms with Gasteiger partial charge in [0.05, 0.1) is 13.2 Å². The van der Waals surface area contributed by atoms with Crippen LogP contribution in [0.5, 0.6) is 0 Å². The van der Waals surface area contributed by atoms with Gasteiger partial charge in [-0.15, -0.1) is 0 Å².